The molecule has 0 saturated carbocycles. The number of halogens is 1. The molecule has 0 spiro atoms. The Morgan fingerprint density at radius 2 is 1.79 bits per heavy atom. The second-order valence-electron chi connectivity index (χ2n) is 6.18. The van der Waals surface area contributed by atoms with Gasteiger partial charge in [-0.25, -0.2) is 18.4 Å². The molecule has 29 heavy (non-hydrogen) atoms. The molecule has 9 heteroatoms. The number of pyridine rings is 1. The van der Waals surface area contributed by atoms with E-state index in [0.29, 0.717) is 17.3 Å². The van der Waals surface area contributed by atoms with E-state index in [1.807, 2.05) is 30.3 Å². The van der Waals surface area contributed by atoms with Crippen LogP contribution in [0.4, 0.5) is 0 Å². The Labute approximate surface area is 172 Å². The van der Waals surface area contributed by atoms with Gasteiger partial charge < -0.3 is 8.83 Å². The molecule has 0 bridgehead atoms. The summed E-state index contributed by atoms with van der Waals surface area (Å²) < 4.78 is 38.5. The Morgan fingerprint density at radius 3 is 2.48 bits per heavy atom. The second kappa shape index (κ2) is 8.20. The summed E-state index contributed by atoms with van der Waals surface area (Å²) in [6.45, 7) is 0.0352. The number of rotatable bonds is 7. The highest BCUT2D eigenvalue weighted by Gasteiger charge is 2.27. The number of benzene rings is 1. The SMILES string of the molecule is O=S(=O)(c1ccc(Cl)nc1)N(Cc1coc(-c2ccccc2)n1)Cc1ccco1. The number of aromatic nitrogens is 2. The zero-order valence-corrected chi connectivity index (χ0v) is 16.7. The predicted octanol–water partition coefficient (Wildman–Crippen LogP) is 4.37. The highest BCUT2D eigenvalue weighted by molar-refractivity contribution is 7.89. The van der Waals surface area contributed by atoms with Gasteiger partial charge in [0.15, 0.2) is 0 Å². The molecule has 0 aliphatic heterocycles. The van der Waals surface area contributed by atoms with E-state index in [-0.39, 0.29) is 23.1 Å². The summed E-state index contributed by atoms with van der Waals surface area (Å²) in [4.78, 5) is 8.34. The van der Waals surface area contributed by atoms with Crippen LogP contribution in [0.5, 0.6) is 0 Å². The summed E-state index contributed by atoms with van der Waals surface area (Å²) in [6.07, 6.45) is 4.17. The first-order valence-corrected chi connectivity index (χ1v) is 10.5. The van der Waals surface area contributed by atoms with Crippen LogP contribution < -0.4 is 0 Å². The molecule has 4 aromatic rings. The van der Waals surface area contributed by atoms with Crippen LogP contribution in [-0.2, 0) is 23.1 Å². The maximum Gasteiger partial charge on any atom is 0.245 e. The van der Waals surface area contributed by atoms with Gasteiger partial charge in [-0.15, -0.1) is 0 Å². The highest BCUT2D eigenvalue weighted by Crippen LogP contribution is 2.24. The largest absolute Gasteiger partial charge is 0.468 e. The van der Waals surface area contributed by atoms with Crippen LogP contribution in [0.15, 0.2) is 87.1 Å². The molecule has 7 nitrogen and oxygen atoms in total. The molecule has 0 unspecified atom stereocenters. The molecule has 3 aromatic heterocycles. The van der Waals surface area contributed by atoms with Crippen LogP contribution in [0, 0.1) is 0 Å². The molecule has 0 aliphatic rings. The van der Waals surface area contributed by atoms with Crippen molar-refractivity contribution in [3.8, 4) is 11.5 Å². The van der Waals surface area contributed by atoms with Gasteiger partial charge in [-0.3, -0.25) is 0 Å². The highest BCUT2D eigenvalue weighted by atomic mass is 35.5. The lowest BCUT2D eigenvalue weighted by molar-refractivity contribution is 0.355. The minimum absolute atomic E-state index is 0.00198. The topological polar surface area (TPSA) is 89.4 Å². The van der Waals surface area contributed by atoms with E-state index in [4.69, 9.17) is 20.4 Å². The summed E-state index contributed by atoms with van der Waals surface area (Å²) >= 11 is 5.79. The lowest BCUT2D eigenvalue weighted by Crippen LogP contribution is -2.30. The molecule has 4 rings (SSSR count). The quantitative estimate of drug-likeness (QED) is 0.405. The van der Waals surface area contributed by atoms with Gasteiger partial charge in [0, 0.05) is 11.8 Å². The van der Waals surface area contributed by atoms with Gasteiger partial charge in [0.05, 0.1) is 25.0 Å². The fourth-order valence-electron chi connectivity index (χ4n) is 2.74. The van der Waals surface area contributed by atoms with Crippen molar-refractivity contribution in [3.63, 3.8) is 0 Å². The van der Waals surface area contributed by atoms with Crippen LogP contribution in [0.3, 0.4) is 0 Å². The van der Waals surface area contributed by atoms with Gasteiger partial charge in [0.25, 0.3) is 0 Å². The Hall–Kier alpha value is -2.94. The van der Waals surface area contributed by atoms with Crippen molar-refractivity contribution < 1.29 is 17.3 Å². The monoisotopic (exact) mass is 429 g/mol. The van der Waals surface area contributed by atoms with E-state index in [1.54, 1.807) is 12.1 Å². The predicted molar refractivity (Wildman–Crippen MR) is 106 cm³/mol. The van der Waals surface area contributed by atoms with Crippen LogP contribution in [-0.4, -0.2) is 22.7 Å². The fraction of sp³-hybridized carbons (Fsp3) is 0.100. The van der Waals surface area contributed by atoms with Crippen molar-refractivity contribution >= 4 is 21.6 Å². The molecule has 0 amide bonds. The molecule has 0 atom stereocenters. The Balaban J connectivity index is 1.64. The lowest BCUT2D eigenvalue weighted by atomic mass is 10.2. The first kappa shape index (κ1) is 19.4. The third-order valence-corrected chi connectivity index (χ3v) is 6.16. The molecule has 0 radical (unpaired) electrons. The molecule has 1 aromatic carbocycles. The summed E-state index contributed by atoms with van der Waals surface area (Å²) in [6, 6.07) is 15.6. The van der Waals surface area contributed by atoms with Gasteiger partial charge in [-0.2, -0.15) is 4.31 Å². The van der Waals surface area contributed by atoms with Gasteiger partial charge in [0.1, 0.15) is 22.1 Å². The smallest absolute Gasteiger partial charge is 0.245 e. The normalized spacial score (nSPS) is 11.8. The average Bonchev–Trinajstić information content (AvgIpc) is 3.41. The third-order valence-electron chi connectivity index (χ3n) is 4.16. The van der Waals surface area contributed by atoms with Crippen molar-refractivity contribution in [1.29, 1.82) is 0 Å². The molecular weight excluding hydrogens is 414 g/mol. The first-order valence-electron chi connectivity index (χ1n) is 8.66. The van der Waals surface area contributed by atoms with Crippen LogP contribution in [0.25, 0.3) is 11.5 Å². The Morgan fingerprint density at radius 1 is 0.966 bits per heavy atom. The van der Waals surface area contributed by atoms with E-state index in [0.717, 1.165) is 5.56 Å². The van der Waals surface area contributed by atoms with Crippen LogP contribution in [0.1, 0.15) is 11.5 Å². The zero-order chi connectivity index (χ0) is 20.3. The van der Waals surface area contributed by atoms with Crippen molar-refractivity contribution in [2.24, 2.45) is 0 Å². The van der Waals surface area contributed by atoms with Crippen molar-refractivity contribution in [2.45, 2.75) is 18.0 Å². The molecule has 148 valence electrons. The summed E-state index contributed by atoms with van der Waals surface area (Å²) in [5.41, 5.74) is 1.28. The van der Waals surface area contributed by atoms with E-state index in [1.165, 1.54) is 35.2 Å². The standard InChI is InChI=1S/C20H16ClN3O4S/c21-19-9-8-18(11-22-19)29(25,26)24(13-17-7-4-10-27-17)12-16-14-28-20(23-16)15-5-2-1-3-6-15/h1-11,14H,12-13H2. The zero-order valence-electron chi connectivity index (χ0n) is 15.1. The van der Waals surface area contributed by atoms with Gasteiger partial charge in [-0.05, 0) is 36.4 Å². The number of furan rings is 1. The fourth-order valence-corrected chi connectivity index (χ4v) is 4.18. The Bertz CT molecular complexity index is 1170. The maximum atomic E-state index is 13.2. The third kappa shape index (κ3) is 4.40. The summed E-state index contributed by atoms with van der Waals surface area (Å²) in [7, 11) is -3.88. The number of sulfonamides is 1. The Kier molecular flexibility index (Phi) is 5.48. The van der Waals surface area contributed by atoms with E-state index >= 15 is 0 Å². The van der Waals surface area contributed by atoms with Crippen LogP contribution >= 0.6 is 11.6 Å². The van der Waals surface area contributed by atoms with Gasteiger partial charge >= 0.3 is 0 Å². The lowest BCUT2D eigenvalue weighted by Gasteiger charge is -2.20. The minimum Gasteiger partial charge on any atom is -0.468 e. The summed E-state index contributed by atoms with van der Waals surface area (Å²) in [5.74, 6) is 0.923. The number of hydrogen-bond acceptors (Lipinski definition) is 6. The molecule has 3 heterocycles. The van der Waals surface area contributed by atoms with E-state index in [9.17, 15) is 8.42 Å². The molecule has 0 aliphatic carbocycles. The summed E-state index contributed by atoms with van der Waals surface area (Å²) in [5, 5.41) is 0.213. The number of hydrogen-bond donors (Lipinski definition) is 0. The van der Waals surface area contributed by atoms with Crippen molar-refractivity contribution in [2.75, 3.05) is 0 Å². The van der Waals surface area contributed by atoms with E-state index in [2.05, 4.69) is 9.97 Å². The molecule has 0 N–H and O–H groups in total. The first-order chi connectivity index (χ1) is 14.0. The molecule has 0 saturated heterocycles. The second-order valence-corrected chi connectivity index (χ2v) is 8.50. The maximum absolute atomic E-state index is 13.2. The average molecular weight is 430 g/mol. The molecule has 0 fully saturated rings. The number of nitrogens with zero attached hydrogens (tertiary/aromatic N) is 3. The molecular formula is C20H16ClN3O4S. The minimum atomic E-state index is -3.88. The van der Waals surface area contributed by atoms with Crippen molar-refractivity contribution in [3.05, 3.63) is 89.9 Å². The van der Waals surface area contributed by atoms with Crippen molar-refractivity contribution in [1.82, 2.24) is 14.3 Å². The van der Waals surface area contributed by atoms with Gasteiger partial charge in [0.2, 0.25) is 15.9 Å². The van der Waals surface area contributed by atoms with E-state index < -0.39 is 10.0 Å². The number of oxazole rings is 1. The van der Waals surface area contributed by atoms with Gasteiger partial charge in [-0.1, -0.05) is 29.8 Å². The van der Waals surface area contributed by atoms with Crippen LogP contribution in [0.2, 0.25) is 5.15 Å².